The van der Waals surface area contributed by atoms with Gasteiger partial charge in [0.1, 0.15) is 37.9 Å². The summed E-state index contributed by atoms with van der Waals surface area (Å²) in [5, 5.41) is 9.70. The van der Waals surface area contributed by atoms with Gasteiger partial charge in [-0.2, -0.15) is 0 Å². The van der Waals surface area contributed by atoms with Gasteiger partial charge in [0.15, 0.2) is 12.2 Å². The minimum absolute atomic E-state index is 0.0396. The summed E-state index contributed by atoms with van der Waals surface area (Å²) in [5.41, 5.74) is 5.33. The highest BCUT2D eigenvalue weighted by Gasteiger charge is 2.46. The van der Waals surface area contributed by atoms with Crippen LogP contribution in [0.25, 0.3) is 11.1 Å². The number of hydrogen-bond acceptors (Lipinski definition) is 11. The minimum Gasteiger partial charge on any atom is -0.490 e. The lowest BCUT2D eigenvalue weighted by Crippen LogP contribution is -2.37. The molecule has 1 N–H and O–H groups in total. The molecule has 0 amide bonds. The molecule has 0 heterocycles. The molecule has 4 aromatic rings. The maximum Gasteiger partial charge on any atom is 0.338 e. The minimum atomic E-state index is -1.10. The van der Waals surface area contributed by atoms with Crippen molar-refractivity contribution in [1.29, 1.82) is 0 Å². The van der Waals surface area contributed by atoms with E-state index in [-0.39, 0.29) is 44.8 Å². The van der Waals surface area contributed by atoms with Crippen LogP contribution >= 0.6 is 0 Å². The van der Waals surface area contributed by atoms with Crippen molar-refractivity contribution in [1.82, 2.24) is 0 Å². The van der Waals surface area contributed by atoms with E-state index in [0.29, 0.717) is 11.5 Å². The normalized spacial score (nSPS) is 16.5. The summed E-state index contributed by atoms with van der Waals surface area (Å²) < 4.78 is 33.7. The van der Waals surface area contributed by atoms with Crippen molar-refractivity contribution in [3.8, 4) is 22.6 Å². The van der Waals surface area contributed by atoms with Crippen LogP contribution in [0.4, 0.5) is 0 Å². The summed E-state index contributed by atoms with van der Waals surface area (Å²) in [7, 11) is 0. The molecule has 0 aromatic heterocycles. The monoisotopic (exact) mass is 838 g/mol. The number of benzene rings is 4. The van der Waals surface area contributed by atoms with Crippen molar-refractivity contribution in [3.05, 3.63) is 182 Å². The molecule has 6 rings (SSSR count). The maximum atomic E-state index is 13.2. The molecular formula is C50H46O12. The first-order valence-corrected chi connectivity index (χ1v) is 19.8. The third-order valence-electron chi connectivity index (χ3n) is 10.7. The lowest BCUT2D eigenvalue weighted by Gasteiger charge is -2.34. The van der Waals surface area contributed by atoms with Crippen molar-refractivity contribution in [2.24, 2.45) is 11.8 Å². The molecule has 0 bridgehead atoms. The second-order valence-corrected chi connectivity index (χ2v) is 14.5. The Kier molecular flexibility index (Phi) is 14.4. The van der Waals surface area contributed by atoms with Crippen molar-refractivity contribution in [2.75, 3.05) is 26.4 Å². The number of rotatable bonds is 20. The molecule has 0 radical (unpaired) electrons. The number of allylic oxidation sites excluding steroid dienone is 2. The largest absolute Gasteiger partial charge is 0.490 e. The molecule has 2 aliphatic carbocycles. The van der Waals surface area contributed by atoms with Crippen LogP contribution in [-0.2, 0) is 48.3 Å². The molecule has 2 aliphatic rings. The van der Waals surface area contributed by atoms with Crippen LogP contribution in [0, 0.1) is 11.8 Å². The van der Waals surface area contributed by atoms with Gasteiger partial charge in [-0.3, -0.25) is 9.59 Å². The average Bonchev–Trinajstić information content (AvgIpc) is 3.61. The fourth-order valence-electron chi connectivity index (χ4n) is 7.61. The highest BCUT2D eigenvalue weighted by Crippen LogP contribution is 2.56. The van der Waals surface area contributed by atoms with E-state index < -0.39 is 59.3 Å². The zero-order valence-corrected chi connectivity index (χ0v) is 33.9. The Hall–Kier alpha value is -7.47. The van der Waals surface area contributed by atoms with Crippen LogP contribution in [0.3, 0.4) is 0 Å². The van der Waals surface area contributed by atoms with E-state index in [2.05, 4.69) is 50.6 Å². The van der Waals surface area contributed by atoms with Crippen molar-refractivity contribution in [3.63, 3.8) is 0 Å². The summed E-state index contributed by atoms with van der Waals surface area (Å²) in [6.45, 7) is 13.1. The first-order chi connectivity index (χ1) is 30.0. The molecule has 0 saturated carbocycles. The van der Waals surface area contributed by atoms with E-state index in [1.54, 1.807) is 24.3 Å². The van der Waals surface area contributed by atoms with Crippen LogP contribution in [0.15, 0.2) is 159 Å². The summed E-state index contributed by atoms with van der Waals surface area (Å²) in [6, 6.07) is 31.5. The fourth-order valence-corrected chi connectivity index (χ4v) is 7.61. The van der Waals surface area contributed by atoms with E-state index in [9.17, 15) is 29.1 Å². The average molecular weight is 839 g/mol. The Morgan fingerprint density at radius 3 is 1.52 bits per heavy atom. The number of esters is 4. The maximum absolute atomic E-state index is 13.2. The smallest absolute Gasteiger partial charge is 0.338 e. The van der Waals surface area contributed by atoms with Gasteiger partial charge >= 0.3 is 29.8 Å². The Bertz CT molecular complexity index is 2330. The highest BCUT2D eigenvalue weighted by molar-refractivity contribution is 5.91. The molecule has 12 heteroatoms. The Morgan fingerprint density at radius 2 is 1.06 bits per heavy atom. The summed E-state index contributed by atoms with van der Waals surface area (Å²) in [6.07, 6.45) is 5.16. The van der Waals surface area contributed by atoms with Gasteiger partial charge in [-0.1, -0.05) is 117 Å². The van der Waals surface area contributed by atoms with Crippen LogP contribution < -0.4 is 9.47 Å². The van der Waals surface area contributed by atoms with Crippen LogP contribution in [0.1, 0.15) is 35.1 Å². The lowest BCUT2D eigenvalue weighted by molar-refractivity contribution is -0.167. The van der Waals surface area contributed by atoms with E-state index in [1.165, 1.54) is 6.08 Å². The molecule has 62 heavy (non-hydrogen) atoms. The molecule has 0 spiro atoms. The SMILES string of the molecule is C=CC(=C)C(=O)OC(COC(=O)C=C)COc1ccc(C2(c3ccc(OCC(COC(=O)C=C)OC(=O)C4CC=CCC4C(=O)O)cc3)c3ccccc3-c3ccccc32)cc1. The number of hydrogen-bond donors (Lipinski definition) is 1. The number of carbonyl (C=O) groups is 5. The zero-order valence-electron chi connectivity index (χ0n) is 33.9. The van der Waals surface area contributed by atoms with Crippen LogP contribution in [-0.4, -0.2) is 73.6 Å². The second-order valence-electron chi connectivity index (χ2n) is 14.5. The van der Waals surface area contributed by atoms with Gasteiger partial charge in [0.2, 0.25) is 0 Å². The quantitative estimate of drug-likeness (QED) is 0.0271. The molecule has 0 fully saturated rings. The second kappa shape index (κ2) is 20.2. The predicted molar refractivity (Wildman–Crippen MR) is 229 cm³/mol. The number of fused-ring (bicyclic) bond motifs is 3. The zero-order chi connectivity index (χ0) is 44.2. The standard InChI is InChI=1S/C50H46O12/c1-5-32(4)48(55)61-37(30-59-45(51)6-2)28-57-35-24-20-33(21-25-35)50(43-18-12-10-14-39(43)40-15-11-13-19-44(40)50)34-22-26-36(27-23-34)58-29-38(31-60-46(52)7-3)62-49(56)42-17-9-8-16-41(42)47(53)54/h5-15,18-27,37-38,41-42H,1-4,16-17,28-31H2,(H,53,54). The molecule has 4 unspecified atom stereocenters. The molecule has 12 nitrogen and oxygen atoms in total. The third kappa shape index (κ3) is 9.76. The van der Waals surface area contributed by atoms with Crippen LogP contribution in [0.2, 0.25) is 0 Å². The molecule has 0 saturated heterocycles. The first-order valence-electron chi connectivity index (χ1n) is 19.8. The molecular weight excluding hydrogens is 793 g/mol. The molecule has 4 atom stereocenters. The van der Waals surface area contributed by atoms with Crippen molar-refractivity contribution in [2.45, 2.75) is 30.5 Å². The Balaban J connectivity index is 1.26. The lowest BCUT2D eigenvalue weighted by atomic mass is 9.68. The molecule has 4 aromatic carbocycles. The van der Waals surface area contributed by atoms with Crippen molar-refractivity contribution >= 4 is 29.8 Å². The topological polar surface area (TPSA) is 161 Å². The van der Waals surface area contributed by atoms with E-state index >= 15 is 0 Å². The Morgan fingerprint density at radius 1 is 0.613 bits per heavy atom. The van der Waals surface area contributed by atoms with Gasteiger partial charge < -0.3 is 33.5 Å². The Labute approximate surface area is 359 Å². The molecule has 318 valence electrons. The van der Waals surface area contributed by atoms with Crippen LogP contribution in [0.5, 0.6) is 11.5 Å². The number of carbonyl (C=O) groups excluding carboxylic acids is 4. The van der Waals surface area contributed by atoms with Gasteiger partial charge in [-0.25, -0.2) is 14.4 Å². The fraction of sp³-hybridized carbons (Fsp3) is 0.220. The van der Waals surface area contributed by atoms with Gasteiger partial charge in [-0.05, 0) is 70.5 Å². The number of ether oxygens (including phenoxy) is 6. The van der Waals surface area contributed by atoms with Gasteiger partial charge in [-0.15, -0.1) is 0 Å². The summed E-state index contributed by atoms with van der Waals surface area (Å²) in [4.78, 5) is 61.3. The van der Waals surface area contributed by atoms with Crippen molar-refractivity contribution < 1.29 is 57.5 Å². The van der Waals surface area contributed by atoms with E-state index in [0.717, 1.165) is 45.5 Å². The summed E-state index contributed by atoms with van der Waals surface area (Å²) >= 11 is 0. The summed E-state index contributed by atoms with van der Waals surface area (Å²) in [5.74, 6) is -4.86. The van der Waals surface area contributed by atoms with Gasteiger partial charge in [0.05, 0.1) is 22.8 Å². The van der Waals surface area contributed by atoms with E-state index in [4.69, 9.17) is 28.4 Å². The number of aliphatic carboxylic acids is 1. The first kappa shape index (κ1) is 44.1. The molecule has 0 aliphatic heterocycles. The van der Waals surface area contributed by atoms with Gasteiger partial charge in [0.25, 0.3) is 0 Å². The number of carboxylic acid groups (broad SMARTS) is 1. The highest BCUT2D eigenvalue weighted by atomic mass is 16.6. The third-order valence-corrected chi connectivity index (χ3v) is 10.7. The predicted octanol–water partition coefficient (Wildman–Crippen LogP) is 7.50. The van der Waals surface area contributed by atoms with E-state index in [1.807, 2.05) is 60.7 Å². The number of carboxylic acids is 1. The van der Waals surface area contributed by atoms with Gasteiger partial charge in [0, 0.05) is 12.2 Å².